The molecule has 0 saturated heterocycles. The van der Waals surface area contributed by atoms with Gasteiger partial charge < -0.3 is 5.32 Å². The Kier molecular flexibility index (Phi) is 3.54. The van der Waals surface area contributed by atoms with Gasteiger partial charge in [-0.05, 0) is 60.9 Å². The molecule has 2 aromatic rings. The van der Waals surface area contributed by atoms with Crippen molar-refractivity contribution >= 4 is 5.69 Å². The van der Waals surface area contributed by atoms with Gasteiger partial charge in [-0.25, -0.2) is 0 Å². The molecule has 1 heteroatoms. The molecule has 0 radical (unpaired) electrons. The SMILES string of the molecule is Cc1ccccc1NCc1ccc2c(c1)CCCC2. The summed E-state index contributed by atoms with van der Waals surface area (Å²) >= 11 is 0. The fourth-order valence-corrected chi connectivity index (χ4v) is 2.87. The van der Waals surface area contributed by atoms with E-state index in [1.807, 2.05) is 0 Å². The highest BCUT2D eigenvalue weighted by molar-refractivity contribution is 5.50. The van der Waals surface area contributed by atoms with Crippen molar-refractivity contribution in [2.45, 2.75) is 39.2 Å². The van der Waals surface area contributed by atoms with E-state index in [0.29, 0.717) is 0 Å². The third-order valence-electron chi connectivity index (χ3n) is 4.04. The van der Waals surface area contributed by atoms with Crippen LogP contribution in [0.4, 0.5) is 5.69 Å². The summed E-state index contributed by atoms with van der Waals surface area (Å²) in [6.45, 7) is 3.06. The van der Waals surface area contributed by atoms with E-state index in [9.17, 15) is 0 Å². The number of anilines is 1. The maximum atomic E-state index is 3.54. The van der Waals surface area contributed by atoms with Crippen molar-refractivity contribution < 1.29 is 0 Å². The second kappa shape index (κ2) is 5.48. The van der Waals surface area contributed by atoms with E-state index < -0.39 is 0 Å². The highest BCUT2D eigenvalue weighted by Crippen LogP contribution is 2.23. The second-order valence-corrected chi connectivity index (χ2v) is 5.48. The van der Waals surface area contributed by atoms with Crippen LogP contribution in [-0.2, 0) is 19.4 Å². The summed E-state index contributed by atoms with van der Waals surface area (Å²) in [7, 11) is 0. The predicted octanol–water partition coefficient (Wildman–Crippen LogP) is 4.49. The monoisotopic (exact) mass is 251 g/mol. The van der Waals surface area contributed by atoms with E-state index in [2.05, 4.69) is 54.7 Å². The van der Waals surface area contributed by atoms with Gasteiger partial charge in [-0.15, -0.1) is 0 Å². The van der Waals surface area contributed by atoms with Crippen LogP contribution in [0.5, 0.6) is 0 Å². The van der Waals surface area contributed by atoms with Crippen LogP contribution in [0, 0.1) is 6.92 Å². The van der Waals surface area contributed by atoms with Crippen molar-refractivity contribution in [3.8, 4) is 0 Å². The minimum Gasteiger partial charge on any atom is -0.381 e. The van der Waals surface area contributed by atoms with E-state index in [1.54, 1.807) is 11.1 Å². The van der Waals surface area contributed by atoms with Gasteiger partial charge in [-0.2, -0.15) is 0 Å². The number of fused-ring (bicyclic) bond motifs is 1. The number of hydrogen-bond acceptors (Lipinski definition) is 1. The van der Waals surface area contributed by atoms with Gasteiger partial charge in [0.05, 0.1) is 0 Å². The molecule has 0 bridgehead atoms. The van der Waals surface area contributed by atoms with Crippen molar-refractivity contribution in [1.82, 2.24) is 0 Å². The quantitative estimate of drug-likeness (QED) is 0.847. The van der Waals surface area contributed by atoms with E-state index in [0.717, 1.165) is 6.54 Å². The van der Waals surface area contributed by atoms with Gasteiger partial charge in [-0.1, -0.05) is 36.4 Å². The molecular weight excluding hydrogens is 230 g/mol. The van der Waals surface area contributed by atoms with Crippen molar-refractivity contribution in [2.24, 2.45) is 0 Å². The van der Waals surface area contributed by atoms with Crippen LogP contribution in [-0.4, -0.2) is 0 Å². The molecule has 98 valence electrons. The Morgan fingerprint density at radius 2 is 1.74 bits per heavy atom. The first-order valence-electron chi connectivity index (χ1n) is 7.23. The molecule has 0 atom stereocenters. The molecule has 0 heterocycles. The summed E-state index contributed by atoms with van der Waals surface area (Å²) in [5.41, 5.74) is 7.06. The molecule has 0 fully saturated rings. The predicted molar refractivity (Wildman–Crippen MR) is 81.6 cm³/mol. The molecule has 0 saturated carbocycles. The van der Waals surface area contributed by atoms with Crippen LogP contribution >= 0.6 is 0 Å². The van der Waals surface area contributed by atoms with E-state index >= 15 is 0 Å². The Labute approximate surface area is 115 Å². The normalized spacial score (nSPS) is 13.9. The number of para-hydroxylation sites is 1. The molecule has 0 spiro atoms. The maximum absolute atomic E-state index is 3.54. The number of benzene rings is 2. The molecule has 0 aliphatic heterocycles. The first kappa shape index (κ1) is 12.3. The summed E-state index contributed by atoms with van der Waals surface area (Å²) in [4.78, 5) is 0. The summed E-state index contributed by atoms with van der Waals surface area (Å²) in [6.07, 6.45) is 5.23. The number of rotatable bonds is 3. The lowest BCUT2D eigenvalue weighted by Crippen LogP contribution is -2.06. The molecule has 3 rings (SSSR count). The zero-order valence-electron chi connectivity index (χ0n) is 11.6. The minimum absolute atomic E-state index is 0.915. The summed E-state index contributed by atoms with van der Waals surface area (Å²) in [6, 6.07) is 15.4. The largest absolute Gasteiger partial charge is 0.381 e. The van der Waals surface area contributed by atoms with Crippen LogP contribution in [0.3, 0.4) is 0 Å². The third kappa shape index (κ3) is 2.81. The van der Waals surface area contributed by atoms with Gasteiger partial charge in [0, 0.05) is 12.2 Å². The maximum Gasteiger partial charge on any atom is 0.0400 e. The fraction of sp³-hybridized carbons (Fsp3) is 0.333. The Morgan fingerprint density at radius 1 is 0.947 bits per heavy atom. The molecule has 1 aliphatic carbocycles. The lowest BCUT2D eigenvalue weighted by Gasteiger charge is -2.17. The first-order valence-corrected chi connectivity index (χ1v) is 7.23. The van der Waals surface area contributed by atoms with E-state index in [4.69, 9.17) is 0 Å². The first-order chi connectivity index (χ1) is 9.33. The molecule has 2 aromatic carbocycles. The standard InChI is InChI=1S/C18H21N/c1-14-6-2-5-9-18(14)19-13-15-10-11-16-7-3-4-8-17(16)12-15/h2,5-6,9-12,19H,3-4,7-8,13H2,1H3. The molecule has 19 heavy (non-hydrogen) atoms. The summed E-state index contributed by atoms with van der Waals surface area (Å²) in [5, 5.41) is 3.54. The van der Waals surface area contributed by atoms with Gasteiger partial charge >= 0.3 is 0 Å². The lowest BCUT2D eigenvalue weighted by atomic mass is 9.90. The van der Waals surface area contributed by atoms with Crippen LogP contribution in [0.15, 0.2) is 42.5 Å². The Morgan fingerprint density at radius 3 is 2.58 bits per heavy atom. The van der Waals surface area contributed by atoms with Gasteiger partial charge in [0.25, 0.3) is 0 Å². The average molecular weight is 251 g/mol. The van der Waals surface area contributed by atoms with Crippen molar-refractivity contribution in [1.29, 1.82) is 0 Å². The molecule has 1 N–H and O–H groups in total. The summed E-state index contributed by atoms with van der Waals surface area (Å²) in [5.74, 6) is 0. The van der Waals surface area contributed by atoms with Crippen LogP contribution < -0.4 is 5.32 Å². The van der Waals surface area contributed by atoms with Gasteiger partial charge in [0.1, 0.15) is 0 Å². The van der Waals surface area contributed by atoms with E-state index in [1.165, 1.54) is 42.5 Å². The van der Waals surface area contributed by atoms with E-state index in [-0.39, 0.29) is 0 Å². The zero-order chi connectivity index (χ0) is 13.1. The molecular formula is C18H21N. The highest BCUT2D eigenvalue weighted by Gasteiger charge is 2.09. The number of hydrogen-bond donors (Lipinski definition) is 1. The van der Waals surface area contributed by atoms with Crippen molar-refractivity contribution in [3.05, 3.63) is 64.7 Å². The van der Waals surface area contributed by atoms with Crippen molar-refractivity contribution in [3.63, 3.8) is 0 Å². The third-order valence-corrected chi connectivity index (χ3v) is 4.04. The van der Waals surface area contributed by atoms with Crippen molar-refractivity contribution in [2.75, 3.05) is 5.32 Å². The van der Waals surface area contributed by atoms with Gasteiger partial charge in [0.15, 0.2) is 0 Å². The van der Waals surface area contributed by atoms with Gasteiger partial charge in [-0.3, -0.25) is 0 Å². The number of nitrogens with one attached hydrogen (secondary N) is 1. The lowest BCUT2D eigenvalue weighted by molar-refractivity contribution is 0.684. The molecule has 1 nitrogen and oxygen atoms in total. The zero-order valence-corrected chi connectivity index (χ0v) is 11.6. The molecule has 1 aliphatic rings. The van der Waals surface area contributed by atoms with Gasteiger partial charge in [0.2, 0.25) is 0 Å². The second-order valence-electron chi connectivity index (χ2n) is 5.48. The van der Waals surface area contributed by atoms with Crippen LogP contribution in [0.25, 0.3) is 0 Å². The van der Waals surface area contributed by atoms with Crippen LogP contribution in [0.1, 0.15) is 35.1 Å². The topological polar surface area (TPSA) is 12.0 Å². The summed E-state index contributed by atoms with van der Waals surface area (Å²) < 4.78 is 0. The Bertz CT molecular complexity index is 572. The molecule has 0 amide bonds. The molecule has 0 aromatic heterocycles. The van der Waals surface area contributed by atoms with Crippen LogP contribution in [0.2, 0.25) is 0 Å². The highest BCUT2D eigenvalue weighted by atomic mass is 14.9. The minimum atomic E-state index is 0.915. The number of aryl methyl sites for hydroxylation is 3. The average Bonchev–Trinajstić information content (AvgIpc) is 2.46. The molecule has 0 unspecified atom stereocenters. The fourth-order valence-electron chi connectivity index (χ4n) is 2.87. The smallest absolute Gasteiger partial charge is 0.0400 e. The Balaban J connectivity index is 1.72. The Hall–Kier alpha value is -1.76.